The predicted molar refractivity (Wildman–Crippen MR) is 165 cm³/mol. The lowest BCUT2D eigenvalue weighted by Gasteiger charge is -2.60. The van der Waals surface area contributed by atoms with E-state index in [0.29, 0.717) is 30.5 Å². The molecule has 258 valence electrons. The molecule has 7 N–H and O–H groups in total. The molecule has 9 atom stereocenters. The second kappa shape index (κ2) is 13.2. The molecule has 3 fully saturated rings. The number of methoxy groups -OCH3 is 1. The van der Waals surface area contributed by atoms with Gasteiger partial charge in [-0.25, -0.2) is 10.0 Å². The molecule has 1 aromatic carbocycles. The van der Waals surface area contributed by atoms with Gasteiger partial charge >= 0.3 is 5.97 Å². The van der Waals surface area contributed by atoms with Crippen LogP contribution in [0.1, 0.15) is 64.4 Å². The van der Waals surface area contributed by atoms with Crippen LogP contribution in [0.2, 0.25) is 0 Å². The molecule has 0 saturated heterocycles. The van der Waals surface area contributed by atoms with Gasteiger partial charge in [0.05, 0.1) is 18.9 Å². The van der Waals surface area contributed by atoms with E-state index in [0.717, 1.165) is 25.5 Å². The number of hydrogen-bond acceptors (Lipinski definition) is 12. The maximum absolute atomic E-state index is 12.7. The molecular weight excluding hydrogens is 614 g/mol. The molecule has 0 aromatic heterocycles. The Hall–Kier alpha value is -3.40. The van der Waals surface area contributed by atoms with Gasteiger partial charge in [-0.15, -0.1) is 0 Å². The highest BCUT2D eigenvalue weighted by Crippen LogP contribution is 2.67. The Kier molecular flexibility index (Phi) is 9.84. The van der Waals surface area contributed by atoms with Gasteiger partial charge in [-0.05, 0) is 85.8 Å². The number of phenolic OH excluding ortho intramolecular Hbond substituents is 1. The summed E-state index contributed by atoms with van der Waals surface area (Å²) in [5, 5.41) is 68.3. The lowest BCUT2D eigenvalue weighted by atomic mass is 9.45. The summed E-state index contributed by atoms with van der Waals surface area (Å²) >= 11 is 0. The molecule has 0 radical (unpaired) electrons. The van der Waals surface area contributed by atoms with Crippen molar-refractivity contribution >= 4 is 29.1 Å². The first kappa shape index (κ1) is 34.9. The Balaban J connectivity index is 1.23. The number of carbonyl (C=O) groups is 3. The lowest BCUT2D eigenvalue weighted by Crippen LogP contribution is -2.99. The third-order valence-electron chi connectivity index (χ3n) is 11.6. The molecule has 47 heavy (non-hydrogen) atoms. The number of nitrogens with one attached hydrogen (secondary N) is 2. The minimum absolute atomic E-state index is 0.0498. The van der Waals surface area contributed by atoms with Gasteiger partial charge in [-0.3, -0.25) is 9.59 Å². The molecule has 14 heteroatoms. The lowest BCUT2D eigenvalue weighted by molar-refractivity contribution is -0.991. The number of carbonyl (C=O) groups excluding carboxylic acids is 3. The Labute approximate surface area is 272 Å². The molecule has 4 aliphatic rings. The van der Waals surface area contributed by atoms with Crippen molar-refractivity contribution in [3.63, 3.8) is 0 Å². The number of ether oxygens (including phenoxy) is 1. The zero-order valence-corrected chi connectivity index (χ0v) is 26.9. The van der Waals surface area contributed by atoms with E-state index in [-0.39, 0.29) is 48.1 Å². The second-order valence-corrected chi connectivity index (χ2v) is 14.0. The number of oxime groups is 1. The largest absolute Gasteiger partial charge is 0.595 e. The molecule has 0 bridgehead atoms. The number of phenols is 1. The Bertz CT molecular complexity index is 1460. The van der Waals surface area contributed by atoms with E-state index < -0.39 is 65.0 Å². The van der Waals surface area contributed by atoms with E-state index in [1.807, 2.05) is 13.0 Å². The van der Waals surface area contributed by atoms with Crippen LogP contribution in [0.15, 0.2) is 35.0 Å². The van der Waals surface area contributed by atoms with Crippen molar-refractivity contribution in [1.29, 1.82) is 0 Å². The molecule has 1 amide bonds. The molecule has 0 heterocycles. The van der Waals surface area contributed by atoms with Gasteiger partial charge in [0, 0.05) is 17.9 Å². The highest BCUT2D eigenvalue weighted by Gasteiger charge is 2.68. The summed E-state index contributed by atoms with van der Waals surface area (Å²) in [6, 6.07) is 2.73. The van der Waals surface area contributed by atoms with Gasteiger partial charge in [-0.1, -0.05) is 30.6 Å². The van der Waals surface area contributed by atoms with Crippen LogP contribution in [-0.2, 0) is 30.4 Å². The van der Waals surface area contributed by atoms with E-state index >= 15 is 0 Å². The highest BCUT2D eigenvalue weighted by atomic mass is 16.8. The standard InChI is InChI=1S/C33H45N3O11/c1-31-10-8-20(35-47-17-28(41)34-23(30(42)46-3)12-18-4-7-25(38)24(13-18)36(44)45)14-19(31)5-6-21-22-9-11-33(43,27(40)16-37)32(22,2)15-26(39)29(21)31/h4,7,13-14,21-23,26,29,36-39,43-44H,5-6,8-12,15-17H2,1-3H3,(H,34,41)/t21-,22-,23+,26-,29-,31+,32-,33+/m1/s1. The fourth-order valence-electron chi connectivity index (χ4n) is 9.23. The Morgan fingerprint density at radius 3 is 2.62 bits per heavy atom. The van der Waals surface area contributed by atoms with Crippen LogP contribution < -0.4 is 10.5 Å². The fraction of sp³-hybridized carbons (Fsp3) is 0.636. The van der Waals surface area contributed by atoms with Crippen LogP contribution >= 0.6 is 0 Å². The molecule has 3 saturated carbocycles. The van der Waals surface area contributed by atoms with Crippen molar-refractivity contribution in [2.24, 2.45) is 33.7 Å². The number of ketones is 1. The number of amides is 1. The number of quaternary nitrogens is 1. The maximum atomic E-state index is 12.7. The highest BCUT2D eigenvalue weighted by molar-refractivity contribution is 5.96. The number of allylic oxidation sites excluding steroid dienone is 2. The normalized spacial score (nSPS) is 35.1. The van der Waals surface area contributed by atoms with Crippen LogP contribution in [0.4, 0.5) is 5.69 Å². The van der Waals surface area contributed by atoms with Crippen LogP contribution in [0.25, 0.3) is 0 Å². The number of rotatable bonds is 10. The molecule has 14 nitrogen and oxygen atoms in total. The van der Waals surface area contributed by atoms with E-state index in [4.69, 9.17) is 9.57 Å². The van der Waals surface area contributed by atoms with Gasteiger partial charge in [-0.2, -0.15) is 5.23 Å². The van der Waals surface area contributed by atoms with Crippen molar-refractivity contribution in [3.8, 4) is 5.75 Å². The molecule has 1 unspecified atom stereocenters. The molecule has 4 aliphatic carbocycles. The monoisotopic (exact) mass is 659 g/mol. The van der Waals surface area contributed by atoms with Gasteiger partial charge in [0.2, 0.25) is 5.69 Å². The summed E-state index contributed by atoms with van der Waals surface area (Å²) in [6.45, 7) is 2.85. The number of esters is 1. The zero-order valence-electron chi connectivity index (χ0n) is 26.9. The van der Waals surface area contributed by atoms with Gasteiger partial charge in [0.25, 0.3) is 5.91 Å². The first-order valence-corrected chi connectivity index (χ1v) is 16.1. The minimum Gasteiger partial charge on any atom is -0.595 e. The molecule has 5 rings (SSSR count). The van der Waals surface area contributed by atoms with Crippen molar-refractivity contribution in [3.05, 3.63) is 40.6 Å². The number of aliphatic hydroxyl groups is 3. The number of aromatic hydroxyl groups is 1. The van der Waals surface area contributed by atoms with Crippen molar-refractivity contribution in [1.82, 2.24) is 5.32 Å². The molecule has 1 aromatic rings. The van der Waals surface area contributed by atoms with Crippen molar-refractivity contribution in [2.45, 2.75) is 83.0 Å². The number of aliphatic hydroxyl groups excluding tert-OH is 2. The summed E-state index contributed by atoms with van der Waals surface area (Å²) in [6.07, 6.45) is 5.18. The summed E-state index contributed by atoms with van der Waals surface area (Å²) < 4.78 is 4.80. The molecule has 0 spiro atoms. The fourth-order valence-corrected chi connectivity index (χ4v) is 9.23. The van der Waals surface area contributed by atoms with Crippen molar-refractivity contribution < 1.29 is 54.8 Å². The van der Waals surface area contributed by atoms with Gasteiger partial charge in [0.15, 0.2) is 18.1 Å². The van der Waals surface area contributed by atoms with Gasteiger partial charge in [0.1, 0.15) is 18.2 Å². The minimum atomic E-state index is -1.64. The number of nitrogens with zero attached hydrogens (tertiary/aromatic N) is 1. The van der Waals surface area contributed by atoms with Crippen molar-refractivity contribution in [2.75, 3.05) is 20.3 Å². The number of Topliss-reactive ketones (excluding diaryl/α,β-unsaturated/α-hetero) is 1. The van der Waals surface area contributed by atoms with Crippen LogP contribution in [0, 0.1) is 33.8 Å². The summed E-state index contributed by atoms with van der Waals surface area (Å²) in [7, 11) is 1.16. The average molecular weight is 660 g/mol. The van der Waals surface area contributed by atoms with Crippen LogP contribution in [-0.4, -0.2) is 87.1 Å². The topological polar surface area (TPSA) is 223 Å². The first-order chi connectivity index (χ1) is 22.2. The molecular formula is C33H45N3O11. The van der Waals surface area contributed by atoms with E-state index in [2.05, 4.69) is 17.4 Å². The Morgan fingerprint density at radius 1 is 1.19 bits per heavy atom. The number of fused-ring (bicyclic) bond motifs is 5. The third kappa shape index (κ3) is 6.18. The number of hydrogen-bond donors (Lipinski definition) is 7. The molecule has 0 aliphatic heterocycles. The van der Waals surface area contributed by atoms with Crippen LogP contribution in [0.3, 0.4) is 0 Å². The quantitative estimate of drug-likeness (QED) is 0.105. The van der Waals surface area contributed by atoms with Crippen LogP contribution in [0.5, 0.6) is 5.75 Å². The van der Waals surface area contributed by atoms with Gasteiger partial charge < -0.3 is 40.5 Å². The zero-order chi connectivity index (χ0) is 34.3. The summed E-state index contributed by atoms with van der Waals surface area (Å²) in [4.78, 5) is 43.1. The maximum Gasteiger partial charge on any atom is 0.328 e. The van der Waals surface area contributed by atoms with E-state index in [1.54, 1.807) is 0 Å². The SMILES string of the molecule is COC(=O)[C@H](Cc1ccc(O)c([NH+]([O-])O)c1)NC(=O)CON=C1C=C2CC[C@H]3[C@H]([C@H](O)C[C@]4(C)[C@@H]3CC[C@]4(O)C(=O)CO)[C@@]2(C)CC1. The summed E-state index contributed by atoms with van der Waals surface area (Å²) in [5.41, 5.74) is -0.920. The predicted octanol–water partition coefficient (Wildman–Crippen LogP) is 0.595. The summed E-state index contributed by atoms with van der Waals surface area (Å²) in [5.74, 6) is -2.27. The average Bonchev–Trinajstić information content (AvgIpc) is 3.30. The van der Waals surface area contributed by atoms with E-state index in [1.165, 1.54) is 18.2 Å². The first-order valence-electron chi connectivity index (χ1n) is 16.1. The number of benzene rings is 1. The Morgan fingerprint density at radius 2 is 1.94 bits per heavy atom. The smallest absolute Gasteiger partial charge is 0.328 e. The van der Waals surface area contributed by atoms with E-state index in [9.17, 15) is 45.2 Å². The third-order valence-corrected chi connectivity index (χ3v) is 11.6. The second-order valence-electron chi connectivity index (χ2n) is 14.0.